The van der Waals surface area contributed by atoms with E-state index >= 15 is 0 Å². The molecule has 0 radical (unpaired) electrons. The summed E-state index contributed by atoms with van der Waals surface area (Å²) in [6.45, 7) is -1.05. The van der Waals surface area contributed by atoms with Crippen LogP contribution in [0, 0.1) is 0 Å². The number of hydrogen-bond acceptors (Lipinski definition) is 8. The number of nitrogens with two attached hydrogens (primary N) is 1. The molecule has 0 unspecified atom stereocenters. The number of anilines is 1. The highest BCUT2D eigenvalue weighted by molar-refractivity contribution is 6.08. The van der Waals surface area contributed by atoms with Gasteiger partial charge in [0.2, 0.25) is 11.3 Å². The van der Waals surface area contributed by atoms with Crippen LogP contribution in [0.2, 0.25) is 0 Å². The topological polar surface area (TPSA) is 98.2 Å². The van der Waals surface area contributed by atoms with E-state index in [0.29, 0.717) is 29.4 Å². The molecule has 2 aromatic carbocycles. The highest BCUT2D eigenvalue weighted by atomic mass is 19.4. The van der Waals surface area contributed by atoms with Gasteiger partial charge in [-0.1, -0.05) is 18.2 Å². The average molecular weight is 527 g/mol. The predicted molar refractivity (Wildman–Crippen MR) is 138 cm³/mol. The lowest BCUT2D eigenvalue weighted by Gasteiger charge is -2.29. The van der Waals surface area contributed by atoms with Crippen molar-refractivity contribution in [3.05, 3.63) is 101 Å². The van der Waals surface area contributed by atoms with E-state index in [2.05, 4.69) is 10.1 Å². The number of allylic oxidation sites excluding steroid dienone is 1. The minimum Gasteiger partial charge on any atom is -0.494 e. The van der Waals surface area contributed by atoms with Gasteiger partial charge in [-0.3, -0.25) is 4.79 Å². The van der Waals surface area contributed by atoms with Gasteiger partial charge >= 0.3 is 6.18 Å². The van der Waals surface area contributed by atoms with Gasteiger partial charge in [0.1, 0.15) is 11.4 Å². The largest absolute Gasteiger partial charge is 0.494 e. The fourth-order valence-electron chi connectivity index (χ4n) is 3.76. The SMILES string of the molecule is COc1cc(N2C(OCC(F)(F)F)=CCN2C)ccc1-n1ccc(=O)c(C(C=CN)=Nc2ccccc2)n1. The molecular formula is C26H25F3N6O3. The van der Waals surface area contributed by atoms with Gasteiger partial charge in [-0.2, -0.15) is 18.3 Å². The number of nitrogens with zero attached hydrogens (tertiary/aromatic N) is 5. The van der Waals surface area contributed by atoms with Crippen LogP contribution in [0.3, 0.4) is 0 Å². The van der Waals surface area contributed by atoms with Crippen LogP contribution in [-0.2, 0) is 4.74 Å². The van der Waals surface area contributed by atoms with Crippen molar-refractivity contribution >= 4 is 17.1 Å². The fraction of sp³-hybridized carbons (Fsp3) is 0.192. The molecule has 0 bridgehead atoms. The molecule has 0 fully saturated rings. The summed E-state index contributed by atoms with van der Waals surface area (Å²) < 4.78 is 50.2. The minimum atomic E-state index is -4.47. The normalized spacial score (nSPS) is 14.7. The van der Waals surface area contributed by atoms with Crippen molar-refractivity contribution in [3.63, 3.8) is 0 Å². The first-order valence-corrected chi connectivity index (χ1v) is 11.4. The first-order chi connectivity index (χ1) is 18.2. The second-order valence-corrected chi connectivity index (χ2v) is 8.12. The summed E-state index contributed by atoms with van der Waals surface area (Å²) in [4.78, 5) is 17.2. The standard InChI is InChI=1S/C26H25F3N6O3/c1-33-14-12-24(38-17-26(27,28)29)35(33)19-8-9-21(23(16-19)37-2)34-15-11-22(36)25(32-34)20(10-13-30)31-18-6-4-3-5-7-18/h3-13,15-16H,14,17,30H2,1-2H3. The van der Waals surface area contributed by atoms with E-state index < -0.39 is 12.8 Å². The van der Waals surface area contributed by atoms with E-state index in [9.17, 15) is 18.0 Å². The minimum absolute atomic E-state index is 0.0544. The van der Waals surface area contributed by atoms with Crippen molar-refractivity contribution in [2.75, 3.05) is 32.3 Å². The molecule has 1 aromatic heterocycles. The molecule has 198 valence electrons. The summed E-state index contributed by atoms with van der Waals surface area (Å²) in [6, 6.07) is 15.4. The Morgan fingerprint density at radius 3 is 2.63 bits per heavy atom. The molecule has 1 aliphatic heterocycles. The zero-order chi connectivity index (χ0) is 27.3. The first-order valence-electron chi connectivity index (χ1n) is 11.4. The van der Waals surface area contributed by atoms with E-state index in [-0.39, 0.29) is 22.7 Å². The van der Waals surface area contributed by atoms with Gasteiger partial charge in [-0.25, -0.2) is 19.7 Å². The van der Waals surface area contributed by atoms with Crippen molar-refractivity contribution in [2.24, 2.45) is 10.7 Å². The summed E-state index contributed by atoms with van der Waals surface area (Å²) in [5.41, 5.74) is 7.19. The van der Waals surface area contributed by atoms with E-state index in [1.165, 1.54) is 41.3 Å². The average Bonchev–Trinajstić information content (AvgIpc) is 3.27. The van der Waals surface area contributed by atoms with Crippen LogP contribution >= 0.6 is 0 Å². The molecule has 0 aliphatic carbocycles. The van der Waals surface area contributed by atoms with Crippen molar-refractivity contribution in [3.8, 4) is 11.4 Å². The lowest BCUT2D eigenvalue weighted by molar-refractivity contribution is -0.165. The van der Waals surface area contributed by atoms with Crippen molar-refractivity contribution in [2.45, 2.75) is 6.18 Å². The Labute approximate surface area is 216 Å². The van der Waals surface area contributed by atoms with Crippen LogP contribution in [0.4, 0.5) is 24.5 Å². The molecular weight excluding hydrogens is 501 g/mol. The highest BCUT2D eigenvalue weighted by Crippen LogP contribution is 2.33. The monoisotopic (exact) mass is 526 g/mol. The number of ether oxygens (including phenoxy) is 2. The smallest absolute Gasteiger partial charge is 0.422 e. The number of alkyl halides is 3. The molecule has 1 aliphatic rings. The molecule has 0 saturated heterocycles. The number of likely N-dealkylation sites (N-methyl/N-ethyl adjacent to an activating group) is 1. The summed E-state index contributed by atoms with van der Waals surface area (Å²) in [7, 11) is 3.17. The Balaban J connectivity index is 1.71. The highest BCUT2D eigenvalue weighted by Gasteiger charge is 2.32. The Morgan fingerprint density at radius 2 is 1.95 bits per heavy atom. The number of methoxy groups -OCH3 is 1. The van der Waals surface area contributed by atoms with Crippen LogP contribution in [0.5, 0.6) is 5.75 Å². The Kier molecular flexibility index (Phi) is 7.82. The van der Waals surface area contributed by atoms with Gasteiger partial charge in [0.15, 0.2) is 12.3 Å². The molecule has 0 amide bonds. The molecule has 4 rings (SSSR count). The van der Waals surface area contributed by atoms with Crippen LogP contribution in [0.25, 0.3) is 5.69 Å². The lowest BCUT2D eigenvalue weighted by atomic mass is 10.2. The van der Waals surface area contributed by atoms with E-state index in [1.54, 1.807) is 48.5 Å². The zero-order valence-corrected chi connectivity index (χ0v) is 20.6. The summed E-state index contributed by atoms with van der Waals surface area (Å²) in [6.07, 6.45) is 1.33. The summed E-state index contributed by atoms with van der Waals surface area (Å²) in [5.74, 6) is 0.412. The molecule has 2 N–H and O–H groups in total. The Bertz CT molecular complexity index is 1430. The number of aliphatic imine (C=N–C) groups is 1. The van der Waals surface area contributed by atoms with Crippen molar-refractivity contribution in [1.29, 1.82) is 0 Å². The van der Waals surface area contributed by atoms with Crippen molar-refractivity contribution < 1.29 is 22.6 Å². The van der Waals surface area contributed by atoms with Crippen LogP contribution in [0.1, 0.15) is 5.69 Å². The Hall–Kier alpha value is -4.58. The van der Waals surface area contributed by atoms with E-state index in [4.69, 9.17) is 15.2 Å². The third kappa shape index (κ3) is 6.03. The number of benzene rings is 2. The molecule has 0 spiro atoms. The summed E-state index contributed by atoms with van der Waals surface area (Å²) in [5, 5.41) is 7.69. The van der Waals surface area contributed by atoms with Gasteiger partial charge in [-0.15, -0.1) is 0 Å². The second-order valence-electron chi connectivity index (χ2n) is 8.12. The van der Waals surface area contributed by atoms with Crippen LogP contribution in [0.15, 0.2) is 94.8 Å². The fourth-order valence-corrected chi connectivity index (χ4v) is 3.76. The van der Waals surface area contributed by atoms with Crippen LogP contribution < -0.4 is 20.9 Å². The number of rotatable bonds is 8. The Morgan fingerprint density at radius 1 is 1.18 bits per heavy atom. The third-order valence-electron chi connectivity index (χ3n) is 5.43. The maximum absolute atomic E-state index is 12.7. The van der Waals surface area contributed by atoms with Crippen molar-refractivity contribution in [1.82, 2.24) is 14.8 Å². The molecule has 38 heavy (non-hydrogen) atoms. The molecule has 0 saturated carbocycles. The lowest BCUT2D eigenvalue weighted by Crippen LogP contribution is -2.35. The van der Waals surface area contributed by atoms with E-state index in [0.717, 1.165) is 0 Å². The zero-order valence-electron chi connectivity index (χ0n) is 20.6. The predicted octanol–water partition coefficient (Wildman–Crippen LogP) is 3.92. The van der Waals surface area contributed by atoms with Crippen LogP contribution in [-0.4, -0.2) is 54.0 Å². The van der Waals surface area contributed by atoms with Gasteiger partial charge in [0.25, 0.3) is 0 Å². The third-order valence-corrected chi connectivity index (χ3v) is 5.43. The number of halogens is 3. The molecule has 12 heteroatoms. The quantitative estimate of drug-likeness (QED) is 0.445. The number of hydrazine groups is 1. The van der Waals surface area contributed by atoms with Gasteiger partial charge in [0.05, 0.1) is 24.2 Å². The number of para-hydroxylation sites is 1. The van der Waals surface area contributed by atoms with Gasteiger partial charge in [-0.05, 0) is 42.6 Å². The molecule has 9 nitrogen and oxygen atoms in total. The second kappa shape index (κ2) is 11.2. The first kappa shape index (κ1) is 26.5. The molecule has 2 heterocycles. The maximum Gasteiger partial charge on any atom is 0.422 e. The van der Waals surface area contributed by atoms with Gasteiger partial charge < -0.3 is 15.2 Å². The maximum atomic E-state index is 12.7. The molecule has 3 aromatic rings. The van der Waals surface area contributed by atoms with E-state index in [1.807, 2.05) is 18.2 Å². The van der Waals surface area contributed by atoms with Gasteiger partial charge in [0, 0.05) is 31.9 Å². The molecule has 0 atom stereocenters. The number of hydrogen-bond donors (Lipinski definition) is 1. The number of aromatic nitrogens is 2. The summed E-state index contributed by atoms with van der Waals surface area (Å²) >= 11 is 0.